The summed E-state index contributed by atoms with van der Waals surface area (Å²) in [7, 11) is 0. The van der Waals surface area contributed by atoms with Crippen molar-refractivity contribution >= 4 is 5.96 Å². The molecule has 4 nitrogen and oxygen atoms in total. The average molecular weight is 292 g/mol. The highest BCUT2D eigenvalue weighted by Crippen LogP contribution is 2.33. The Bertz CT molecular complexity index is 513. The zero-order valence-corrected chi connectivity index (χ0v) is 13.1. The molecular weight excluding hydrogens is 267 g/mol. The molecule has 0 radical (unpaired) electrons. The molecule has 21 heavy (non-hydrogen) atoms. The second-order valence-electron chi connectivity index (χ2n) is 5.61. The number of hydrogen-bond acceptors (Lipinski definition) is 4. The van der Waals surface area contributed by atoms with E-state index in [1.807, 2.05) is 24.0 Å². The van der Waals surface area contributed by atoms with E-state index >= 15 is 0 Å². The van der Waals surface area contributed by atoms with Crippen molar-refractivity contribution in [3.63, 3.8) is 0 Å². The minimum absolute atomic E-state index is 0.197. The van der Waals surface area contributed by atoms with Crippen LogP contribution < -0.4 is 5.73 Å². The van der Waals surface area contributed by atoms with Gasteiger partial charge >= 0.3 is 0 Å². The Morgan fingerprint density at radius 1 is 1.33 bits per heavy atom. The van der Waals surface area contributed by atoms with E-state index in [1.165, 1.54) is 6.07 Å². The number of nitrogens with zero attached hydrogens (tertiary/aromatic N) is 3. The van der Waals surface area contributed by atoms with E-state index in [1.54, 1.807) is 6.07 Å². The van der Waals surface area contributed by atoms with Crippen LogP contribution in [0.4, 0.5) is 4.39 Å². The molecule has 1 atom stereocenters. The molecule has 1 unspecified atom stereocenters. The molecule has 0 amide bonds. The second kappa shape index (κ2) is 6.43. The van der Waals surface area contributed by atoms with Crippen molar-refractivity contribution in [2.45, 2.75) is 26.3 Å². The lowest BCUT2D eigenvalue weighted by Crippen LogP contribution is -2.50. The summed E-state index contributed by atoms with van der Waals surface area (Å²) in [4.78, 5) is 8.71. The molecule has 0 aliphatic carbocycles. The van der Waals surface area contributed by atoms with Gasteiger partial charge in [-0.15, -0.1) is 0 Å². The van der Waals surface area contributed by atoms with Crippen LogP contribution >= 0.6 is 0 Å². The number of likely N-dealkylation sites (N-methyl/N-ethyl adjacent to an activating group) is 1. The lowest BCUT2D eigenvalue weighted by molar-refractivity contribution is 0.184. The number of guanidine groups is 1. The molecule has 1 aromatic rings. The molecule has 0 spiro atoms. The predicted molar refractivity (Wildman–Crippen MR) is 84.7 cm³/mol. The van der Waals surface area contributed by atoms with Crippen LogP contribution in [0.5, 0.6) is 0 Å². The third kappa shape index (κ3) is 3.02. The highest BCUT2D eigenvalue weighted by molar-refractivity contribution is 5.81. The Labute approximate surface area is 126 Å². The summed E-state index contributed by atoms with van der Waals surface area (Å²) in [6.45, 7) is 10.4. The molecular formula is C16H25FN4. The van der Waals surface area contributed by atoms with Gasteiger partial charge in [0.15, 0.2) is 5.96 Å². The fourth-order valence-corrected chi connectivity index (χ4v) is 2.93. The molecule has 0 saturated heterocycles. The van der Waals surface area contributed by atoms with Gasteiger partial charge in [-0.05, 0) is 26.1 Å². The largest absolute Gasteiger partial charge is 0.370 e. The number of hydrogen-bond donors (Lipinski definition) is 1. The molecule has 0 fully saturated rings. The summed E-state index contributed by atoms with van der Waals surface area (Å²) in [5, 5.41) is 0. The standard InChI is InChI=1S/C16H25FN4/c1-4-20(5-2)10-11-21-15(18)19-12-16(21,3)13-8-6-7-9-14(13)17/h6-9H,4-5,10-12H2,1-3H3,(H2,18,19). The van der Waals surface area contributed by atoms with E-state index in [4.69, 9.17) is 5.73 Å². The summed E-state index contributed by atoms with van der Waals surface area (Å²) in [6, 6.07) is 6.90. The SMILES string of the molecule is CCN(CC)CCN1C(N)=NCC1(C)c1ccccc1F. The molecule has 116 valence electrons. The number of halogens is 1. The Morgan fingerprint density at radius 2 is 2.00 bits per heavy atom. The zero-order chi connectivity index (χ0) is 15.5. The van der Waals surface area contributed by atoms with Gasteiger partial charge in [-0.3, -0.25) is 4.99 Å². The molecule has 0 saturated carbocycles. The monoisotopic (exact) mass is 292 g/mol. The summed E-state index contributed by atoms with van der Waals surface area (Å²) < 4.78 is 14.2. The number of rotatable bonds is 6. The topological polar surface area (TPSA) is 44.9 Å². The van der Waals surface area contributed by atoms with E-state index in [0.717, 1.165) is 26.2 Å². The van der Waals surface area contributed by atoms with Gasteiger partial charge in [0.05, 0.1) is 12.1 Å². The van der Waals surface area contributed by atoms with Crippen molar-refractivity contribution in [2.24, 2.45) is 10.7 Å². The summed E-state index contributed by atoms with van der Waals surface area (Å²) in [6.07, 6.45) is 0. The van der Waals surface area contributed by atoms with E-state index in [-0.39, 0.29) is 5.82 Å². The maximum atomic E-state index is 14.2. The molecule has 0 aromatic heterocycles. The van der Waals surface area contributed by atoms with Crippen LogP contribution in [0.3, 0.4) is 0 Å². The third-order valence-corrected chi connectivity index (χ3v) is 4.41. The average Bonchev–Trinajstić information content (AvgIpc) is 2.77. The quantitative estimate of drug-likeness (QED) is 0.872. The summed E-state index contributed by atoms with van der Waals surface area (Å²) in [5.41, 5.74) is 6.21. The van der Waals surface area contributed by atoms with Gasteiger partial charge < -0.3 is 15.5 Å². The van der Waals surface area contributed by atoms with Gasteiger partial charge in [0.25, 0.3) is 0 Å². The van der Waals surface area contributed by atoms with Crippen LogP contribution in [0.25, 0.3) is 0 Å². The van der Waals surface area contributed by atoms with E-state index < -0.39 is 5.54 Å². The van der Waals surface area contributed by atoms with Gasteiger partial charge in [-0.25, -0.2) is 4.39 Å². The van der Waals surface area contributed by atoms with Crippen LogP contribution in [0.15, 0.2) is 29.3 Å². The lowest BCUT2D eigenvalue weighted by Gasteiger charge is -2.38. The maximum absolute atomic E-state index is 14.2. The fourth-order valence-electron chi connectivity index (χ4n) is 2.93. The summed E-state index contributed by atoms with van der Waals surface area (Å²) in [5.74, 6) is 0.311. The molecule has 0 bridgehead atoms. The van der Waals surface area contributed by atoms with Gasteiger partial charge in [0, 0.05) is 18.7 Å². The van der Waals surface area contributed by atoms with Crippen LogP contribution in [0.1, 0.15) is 26.3 Å². The number of aliphatic imine (C=N–C) groups is 1. The second-order valence-corrected chi connectivity index (χ2v) is 5.61. The first kappa shape index (κ1) is 15.8. The first-order valence-corrected chi connectivity index (χ1v) is 7.57. The Morgan fingerprint density at radius 3 is 2.62 bits per heavy atom. The van der Waals surface area contributed by atoms with Crippen LogP contribution in [0.2, 0.25) is 0 Å². The van der Waals surface area contributed by atoms with Crippen LogP contribution in [0, 0.1) is 5.82 Å². The molecule has 1 aromatic carbocycles. The van der Waals surface area contributed by atoms with Crippen molar-refractivity contribution in [1.29, 1.82) is 0 Å². The fraction of sp³-hybridized carbons (Fsp3) is 0.562. The minimum atomic E-state index is -0.497. The molecule has 2 rings (SSSR count). The lowest BCUT2D eigenvalue weighted by atomic mass is 9.90. The van der Waals surface area contributed by atoms with Crippen molar-refractivity contribution in [3.8, 4) is 0 Å². The Kier molecular flexibility index (Phi) is 4.83. The van der Waals surface area contributed by atoms with E-state index in [2.05, 4.69) is 23.7 Å². The molecule has 5 heteroatoms. The smallest absolute Gasteiger partial charge is 0.192 e. The normalized spacial score (nSPS) is 22.0. The van der Waals surface area contributed by atoms with Crippen LogP contribution in [-0.2, 0) is 5.54 Å². The van der Waals surface area contributed by atoms with E-state index in [0.29, 0.717) is 18.1 Å². The molecule has 2 N–H and O–H groups in total. The minimum Gasteiger partial charge on any atom is -0.370 e. The Balaban J connectivity index is 2.21. The van der Waals surface area contributed by atoms with Crippen molar-refractivity contribution < 1.29 is 4.39 Å². The first-order chi connectivity index (χ1) is 10.0. The maximum Gasteiger partial charge on any atom is 0.192 e. The molecule has 1 aliphatic heterocycles. The predicted octanol–water partition coefficient (Wildman–Crippen LogP) is 2.01. The Hall–Kier alpha value is -1.62. The van der Waals surface area contributed by atoms with E-state index in [9.17, 15) is 4.39 Å². The molecule has 1 heterocycles. The van der Waals surface area contributed by atoms with Crippen molar-refractivity contribution in [2.75, 3.05) is 32.7 Å². The highest BCUT2D eigenvalue weighted by atomic mass is 19.1. The zero-order valence-electron chi connectivity index (χ0n) is 13.1. The molecule has 1 aliphatic rings. The number of nitrogens with two attached hydrogens (primary N) is 1. The van der Waals surface area contributed by atoms with Crippen LogP contribution in [-0.4, -0.2) is 48.5 Å². The van der Waals surface area contributed by atoms with Crippen molar-refractivity contribution in [1.82, 2.24) is 9.80 Å². The number of benzene rings is 1. The first-order valence-electron chi connectivity index (χ1n) is 7.57. The van der Waals surface area contributed by atoms with Gasteiger partial charge in [0.2, 0.25) is 0 Å². The summed E-state index contributed by atoms with van der Waals surface area (Å²) >= 11 is 0. The third-order valence-electron chi connectivity index (χ3n) is 4.41. The van der Waals surface area contributed by atoms with Gasteiger partial charge in [-0.1, -0.05) is 32.0 Å². The van der Waals surface area contributed by atoms with Gasteiger partial charge in [-0.2, -0.15) is 0 Å². The van der Waals surface area contributed by atoms with Crippen molar-refractivity contribution in [3.05, 3.63) is 35.6 Å². The highest BCUT2D eigenvalue weighted by Gasteiger charge is 2.40. The van der Waals surface area contributed by atoms with Gasteiger partial charge in [0.1, 0.15) is 5.82 Å².